The Labute approximate surface area is 167 Å². The molecule has 2 aromatic heterocycles. The van der Waals surface area contributed by atoms with Crippen LogP contribution in [-0.2, 0) is 11.3 Å². The maximum absolute atomic E-state index is 13.1. The molecule has 1 aliphatic carbocycles. The fraction of sp³-hybridized carbons (Fsp3) is 0.286. The average Bonchev–Trinajstić information content (AvgIpc) is 3.18. The van der Waals surface area contributed by atoms with Crippen molar-refractivity contribution in [2.75, 3.05) is 13.6 Å². The summed E-state index contributed by atoms with van der Waals surface area (Å²) in [6.45, 7) is 0.626. The lowest BCUT2D eigenvalue weighted by Crippen LogP contribution is -2.39. The molecule has 4 rings (SSSR count). The number of rotatable bonds is 7. The van der Waals surface area contributed by atoms with E-state index in [0.717, 1.165) is 23.3 Å². The van der Waals surface area contributed by atoms with Crippen molar-refractivity contribution in [1.82, 2.24) is 20.0 Å². The van der Waals surface area contributed by atoms with Crippen LogP contribution >= 0.6 is 11.3 Å². The Balaban J connectivity index is 1.56. The zero-order chi connectivity index (χ0) is 19.5. The third kappa shape index (κ3) is 4.31. The van der Waals surface area contributed by atoms with Gasteiger partial charge >= 0.3 is 0 Å². The van der Waals surface area contributed by atoms with E-state index in [1.807, 2.05) is 47.8 Å². The minimum atomic E-state index is -0.200. The van der Waals surface area contributed by atoms with Crippen molar-refractivity contribution in [1.29, 1.82) is 0 Å². The number of aromatic nitrogens is 2. The van der Waals surface area contributed by atoms with E-state index in [9.17, 15) is 9.59 Å². The molecule has 7 heteroatoms. The molecule has 0 saturated heterocycles. The molecule has 0 aliphatic heterocycles. The van der Waals surface area contributed by atoms with Crippen LogP contribution in [0.15, 0.2) is 54.0 Å². The lowest BCUT2D eigenvalue weighted by molar-refractivity contribution is -0.121. The molecule has 0 spiro atoms. The Morgan fingerprint density at radius 3 is 2.68 bits per heavy atom. The van der Waals surface area contributed by atoms with Crippen molar-refractivity contribution in [3.8, 4) is 10.6 Å². The lowest BCUT2D eigenvalue weighted by atomic mass is 10.2. The van der Waals surface area contributed by atoms with Gasteiger partial charge in [-0.15, -0.1) is 11.3 Å². The topological polar surface area (TPSA) is 67.2 Å². The van der Waals surface area contributed by atoms with Crippen LogP contribution in [0.2, 0.25) is 0 Å². The van der Waals surface area contributed by atoms with E-state index in [2.05, 4.69) is 10.4 Å². The maximum Gasteiger partial charge on any atom is 0.257 e. The highest BCUT2D eigenvalue weighted by Crippen LogP contribution is 2.28. The van der Waals surface area contributed by atoms with Gasteiger partial charge < -0.3 is 10.2 Å². The Morgan fingerprint density at radius 2 is 2.00 bits per heavy atom. The zero-order valence-corrected chi connectivity index (χ0v) is 16.5. The molecule has 0 radical (unpaired) electrons. The molecule has 0 bridgehead atoms. The van der Waals surface area contributed by atoms with Crippen LogP contribution < -0.4 is 5.32 Å². The van der Waals surface area contributed by atoms with Crippen molar-refractivity contribution in [2.24, 2.45) is 0 Å². The predicted octanol–water partition coefficient (Wildman–Crippen LogP) is 3.01. The first kappa shape index (κ1) is 18.4. The number of carbonyl (C=O) groups is 2. The molecule has 1 aromatic carbocycles. The van der Waals surface area contributed by atoms with E-state index >= 15 is 0 Å². The summed E-state index contributed by atoms with van der Waals surface area (Å²) in [6, 6.07) is 14.2. The van der Waals surface area contributed by atoms with Crippen molar-refractivity contribution >= 4 is 23.2 Å². The van der Waals surface area contributed by atoms with Crippen LogP contribution in [0.5, 0.6) is 0 Å². The van der Waals surface area contributed by atoms with E-state index in [0.29, 0.717) is 17.8 Å². The third-order valence-electron chi connectivity index (χ3n) is 4.60. The molecule has 1 N–H and O–H groups in total. The van der Waals surface area contributed by atoms with Gasteiger partial charge in [0.25, 0.3) is 5.91 Å². The van der Waals surface area contributed by atoms with Crippen LogP contribution in [-0.4, -0.2) is 46.1 Å². The largest absolute Gasteiger partial charge is 0.352 e. The quantitative estimate of drug-likeness (QED) is 0.670. The molecule has 1 fully saturated rings. The molecule has 28 heavy (non-hydrogen) atoms. The summed E-state index contributed by atoms with van der Waals surface area (Å²) < 4.78 is 1.79. The van der Waals surface area contributed by atoms with Gasteiger partial charge in [-0.1, -0.05) is 36.4 Å². The standard InChI is InChI=1S/C21H22N4O2S/c1-24(14-19(26)22-16-9-10-16)21(27)17-13-25(12-15-6-3-2-4-7-15)23-20(17)18-8-5-11-28-18/h2-8,11,13,16H,9-10,12,14H2,1H3,(H,22,26). The second-order valence-electron chi connectivity index (χ2n) is 7.05. The molecule has 3 aromatic rings. The molecule has 2 heterocycles. The summed E-state index contributed by atoms with van der Waals surface area (Å²) in [5.41, 5.74) is 2.28. The third-order valence-corrected chi connectivity index (χ3v) is 5.48. The molecule has 6 nitrogen and oxygen atoms in total. The van der Waals surface area contributed by atoms with E-state index in [4.69, 9.17) is 0 Å². The summed E-state index contributed by atoms with van der Waals surface area (Å²) in [5, 5.41) is 9.55. The van der Waals surface area contributed by atoms with Gasteiger partial charge in [0.1, 0.15) is 5.69 Å². The number of nitrogens with zero attached hydrogens (tertiary/aromatic N) is 3. The first-order valence-electron chi connectivity index (χ1n) is 9.30. The molecule has 0 atom stereocenters. The van der Waals surface area contributed by atoms with Crippen molar-refractivity contribution in [2.45, 2.75) is 25.4 Å². The molecule has 0 unspecified atom stereocenters. The molecule has 144 valence electrons. The average molecular weight is 395 g/mol. The number of hydrogen-bond acceptors (Lipinski definition) is 4. The number of amides is 2. The van der Waals surface area contributed by atoms with Crippen molar-refractivity contribution in [3.63, 3.8) is 0 Å². The van der Waals surface area contributed by atoms with E-state index < -0.39 is 0 Å². The number of nitrogens with one attached hydrogen (secondary N) is 1. The highest BCUT2D eigenvalue weighted by atomic mass is 32.1. The van der Waals surface area contributed by atoms with E-state index in [-0.39, 0.29) is 24.4 Å². The molecule has 1 aliphatic rings. The molecule has 1 saturated carbocycles. The molecular weight excluding hydrogens is 372 g/mol. The van der Waals surface area contributed by atoms with Gasteiger partial charge in [0, 0.05) is 19.3 Å². The summed E-state index contributed by atoms with van der Waals surface area (Å²) >= 11 is 1.54. The highest BCUT2D eigenvalue weighted by Gasteiger charge is 2.26. The van der Waals surface area contributed by atoms with Crippen LogP contribution in [0.4, 0.5) is 0 Å². The minimum absolute atomic E-state index is 0.0447. The van der Waals surface area contributed by atoms with Crippen molar-refractivity contribution < 1.29 is 9.59 Å². The van der Waals surface area contributed by atoms with Gasteiger partial charge in [-0.2, -0.15) is 5.10 Å². The van der Waals surface area contributed by atoms with Gasteiger partial charge in [-0.3, -0.25) is 14.3 Å². The predicted molar refractivity (Wildman–Crippen MR) is 109 cm³/mol. The van der Waals surface area contributed by atoms with Gasteiger partial charge in [-0.05, 0) is 29.9 Å². The normalized spacial score (nSPS) is 13.3. The number of likely N-dealkylation sites (N-methyl/N-ethyl adjacent to an activating group) is 1. The summed E-state index contributed by atoms with van der Waals surface area (Å²) in [7, 11) is 1.65. The van der Waals surface area contributed by atoms with Gasteiger partial charge in [0.2, 0.25) is 5.91 Å². The Hall–Kier alpha value is -2.93. The zero-order valence-electron chi connectivity index (χ0n) is 15.7. The maximum atomic E-state index is 13.1. The number of hydrogen-bond donors (Lipinski definition) is 1. The lowest BCUT2D eigenvalue weighted by Gasteiger charge is -2.16. The monoisotopic (exact) mass is 394 g/mol. The number of benzene rings is 1. The second kappa shape index (κ2) is 7.98. The van der Waals surface area contributed by atoms with Gasteiger partial charge in [0.15, 0.2) is 0 Å². The van der Waals surface area contributed by atoms with E-state index in [1.54, 1.807) is 29.3 Å². The van der Waals surface area contributed by atoms with Crippen LogP contribution in [0, 0.1) is 0 Å². The second-order valence-corrected chi connectivity index (χ2v) is 8.00. The summed E-state index contributed by atoms with van der Waals surface area (Å²) in [4.78, 5) is 27.5. The smallest absolute Gasteiger partial charge is 0.257 e. The highest BCUT2D eigenvalue weighted by molar-refractivity contribution is 7.13. The minimum Gasteiger partial charge on any atom is -0.352 e. The van der Waals surface area contributed by atoms with Gasteiger partial charge in [0.05, 0.1) is 23.5 Å². The summed E-state index contributed by atoms with van der Waals surface area (Å²) in [5.74, 6) is -0.318. The summed E-state index contributed by atoms with van der Waals surface area (Å²) in [6.07, 6.45) is 3.83. The Bertz CT molecular complexity index is 962. The fourth-order valence-corrected chi connectivity index (χ4v) is 3.74. The first-order chi connectivity index (χ1) is 13.6. The Morgan fingerprint density at radius 1 is 1.21 bits per heavy atom. The molecule has 2 amide bonds. The first-order valence-corrected chi connectivity index (χ1v) is 10.2. The Kier molecular flexibility index (Phi) is 5.25. The van der Waals surface area contributed by atoms with Crippen molar-refractivity contribution in [3.05, 3.63) is 65.2 Å². The van der Waals surface area contributed by atoms with Gasteiger partial charge in [-0.25, -0.2) is 0 Å². The number of thiophene rings is 1. The van der Waals surface area contributed by atoms with Crippen LogP contribution in [0.1, 0.15) is 28.8 Å². The van der Waals surface area contributed by atoms with Crippen LogP contribution in [0.3, 0.4) is 0 Å². The number of carbonyl (C=O) groups excluding carboxylic acids is 2. The fourth-order valence-electron chi connectivity index (χ4n) is 3.02. The van der Waals surface area contributed by atoms with Crippen LogP contribution in [0.25, 0.3) is 10.6 Å². The molecular formula is C21H22N4O2S. The SMILES string of the molecule is CN(CC(=O)NC1CC1)C(=O)c1cn(Cc2ccccc2)nc1-c1cccs1. The van der Waals surface area contributed by atoms with E-state index in [1.165, 1.54) is 4.90 Å².